The van der Waals surface area contributed by atoms with Crippen molar-refractivity contribution < 1.29 is 4.79 Å². The van der Waals surface area contributed by atoms with Crippen LogP contribution in [-0.4, -0.2) is 11.9 Å². The quantitative estimate of drug-likeness (QED) is 0.707. The lowest BCUT2D eigenvalue weighted by Crippen LogP contribution is -2.60. The molecule has 4 nitrogen and oxygen atoms in total. The second-order valence-corrected chi connectivity index (χ2v) is 5.74. The normalized spacial score (nSPS) is 30.5. The van der Waals surface area contributed by atoms with Gasteiger partial charge >= 0.3 is 0 Å². The molecule has 1 aromatic carbocycles. The number of benzene rings is 1. The molecule has 1 amide bonds. The largest absolute Gasteiger partial charge is 0.399 e. The zero-order valence-corrected chi connectivity index (χ0v) is 11.1. The lowest BCUT2D eigenvalue weighted by molar-refractivity contribution is -0.133. The molecule has 3 rings (SSSR count). The van der Waals surface area contributed by atoms with Crippen LogP contribution in [-0.2, 0) is 11.2 Å². The maximum Gasteiger partial charge on any atom is 0.237 e. The van der Waals surface area contributed by atoms with E-state index in [9.17, 15) is 4.79 Å². The smallest absolute Gasteiger partial charge is 0.237 e. The van der Waals surface area contributed by atoms with Crippen molar-refractivity contribution in [2.75, 3.05) is 5.73 Å². The molecule has 1 heterocycles. The van der Waals surface area contributed by atoms with Crippen LogP contribution in [0.4, 0.5) is 5.69 Å². The number of hydrazine groups is 1. The van der Waals surface area contributed by atoms with Crippen LogP contribution >= 0.6 is 0 Å². The summed E-state index contributed by atoms with van der Waals surface area (Å²) in [5.41, 5.74) is 13.9. The number of amides is 1. The number of hydrogen-bond donors (Lipinski definition) is 3. The van der Waals surface area contributed by atoms with E-state index in [1.54, 1.807) is 0 Å². The van der Waals surface area contributed by atoms with E-state index in [4.69, 9.17) is 5.73 Å². The summed E-state index contributed by atoms with van der Waals surface area (Å²) in [6.45, 7) is 0. The summed E-state index contributed by atoms with van der Waals surface area (Å²) in [7, 11) is 0. The molecule has 3 unspecified atom stereocenters. The number of anilines is 1. The van der Waals surface area contributed by atoms with Crippen LogP contribution in [0.15, 0.2) is 24.3 Å². The van der Waals surface area contributed by atoms with Crippen molar-refractivity contribution in [2.45, 2.75) is 38.1 Å². The first-order chi connectivity index (χ1) is 9.24. The van der Waals surface area contributed by atoms with E-state index >= 15 is 0 Å². The molecular weight excluding hydrogens is 238 g/mol. The molecular formula is C15H21N3O. The molecule has 0 aromatic heterocycles. The average Bonchev–Trinajstić information content (AvgIpc) is 2.42. The second kappa shape index (κ2) is 5.21. The molecule has 3 atom stereocenters. The van der Waals surface area contributed by atoms with Crippen molar-refractivity contribution in [1.29, 1.82) is 0 Å². The third kappa shape index (κ3) is 2.59. The SMILES string of the molecule is Nc1cccc(CC2NNC(=O)C3CCCCC23)c1. The van der Waals surface area contributed by atoms with Gasteiger partial charge in [0.05, 0.1) is 0 Å². The second-order valence-electron chi connectivity index (χ2n) is 5.74. The fraction of sp³-hybridized carbons (Fsp3) is 0.533. The van der Waals surface area contributed by atoms with Crippen molar-refractivity contribution in [3.05, 3.63) is 29.8 Å². The minimum Gasteiger partial charge on any atom is -0.399 e. The van der Waals surface area contributed by atoms with Crippen molar-refractivity contribution in [1.82, 2.24) is 10.9 Å². The van der Waals surface area contributed by atoms with Crippen molar-refractivity contribution in [3.8, 4) is 0 Å². The van der Waals surface area contributed by atoms with E-state index in [0.717, 1.165) is 24.9 Å². The van der Waals surface area contributed by atoms with Gasteiger partial charge in [-0.3, -0.25) is 10.2 Å². The molecule has 102 valence electrons. The highest BCUT2D eigenvalue weighted by Gasteiger charge is 2.39. The Morgan fingerprint density at radius 3 is 2.95 bits per heavy atom. The summed E-state index contributed by atoms with van der Waals surface area (Å²) in [6.07, 6.45) is 5.53. The molecule has 4 N–H and O–H groups in total. The van der Waals surface area contributed by atoms with Gasteiger partial charge in [-0.1, -0.05) is 25.0 Å². The molecule has 2 fully saturated rings. The number of nitrogens with one attached hydrogen (secondary N) is 2. The number of hydrogen-bond acceptors (Lipinski definition) is 3. The van der Waals surface area contributed by atoms with Gasteiger partial charge in [0, 0.05) is 17.6 Å². The summed E-state index contributed by atoms with van der Waals surface area (Å²) in [6, 6.07) is 8.35. The van der Waals surface area contributed by atoms with Gasteiger partial charge in [0.25, 0.3) is 0 Å². The Hall–Kier alpha value is -1.55. The van der Waals surface area contributed by atoms with E-state index in [1.807, 2.05) is 18.2 Å². The molecule has 1 aliphatic carbocycles. The standard InChI is InChI=1S/C15H21N3O/c16-11-5-3-4-10(8-11)9-14-12-6-1-2-7-13(12)15(19)18-17-14/h3-5,8,12-14,17H,1-2,6-7,9,16H2,(H,18,19). The average molecular weight is 259 g/mol. The van der Waals surface area contributed by atoms with Crippen LogP contribution in [0.2, 0.25) is 0 Å². The van der Waals surface area contributed by atoms with Crippen molar-refractivity contribution in [3.63, 3.8) is 0 Å². The maximum absolute atomic E-state index is 11.9. The summed E-state index contributed by atoms with van der Waals surface area (Å²) in [5.74, 6) is 0.832. The first kappa shape index (κ1) is 12.5. The zero-order chi connectivity index (χ0) is 13.2. The van der Waals surface area contributed by atoms with Crippen LogP contribution in [0.1, 0.15) is 31.2 Å². The summed E-state index contributed by atoms with van der Waals surface area (Å²) in [4.78, 5) is 11.9. The Kier molecular flexibility index (Phi) is 3.42. The number of carbonyl (C=O) groups is 1. The molecule has 1 aromatic rings. The molecule has 19 heavy (non-hydrogen) atoms. The van der Waals surface area contributed by atoms with Crippen LogP contribution in [0, 0.1) is 11.8 Å². The van der Waals surface area contributed by atoms with Gasteiger partial charge in [-0.25, -0.2) is 5.43 Å². The molecule has 1 aliphatic heterocycles. The molecule has 4 heteroatoms. The highest BCUT2D eigenvalue weighted by molar-refractivity contribution is 5.79. The summed E-state index contributed by atoms with van der Waals surface area (Å²) < 4.78 is 0. The molecule has 0 spiro atoms. The predicted molar refractivity (Wildman–Crippen MR) is 75.1 cm³/mol. The molecule has 1 saturated carbocycles. The number of nitrogens with two attached hydrogens (primary N) is 1. The number of rotatable bonds is 2. The highest BCUT2D eigenvalue weighted by atomic mass is 16.2. The Morgan fingerprint density at radius 1 is 1.26 bits per heavy atom. The summed E-state index contributed by atoms with van der Waals surface area (Å²) in [5, 5.41) is 0. The number of fused-ring (bicyclic) bond motifs is 1. The number of carbonyl (C=O) groups excluding carboxylic acids is 1. The van der Waals surface area contributed by atoms with Gasteiger partial charge in [0.15, 0.2) is 0 Å². The topological polar surface area (TPSA) is 67.2 Å². The van der Waals surface area contributed by atoms with Gasteiger partial charge in [-0.2, -0.15) is 0 Å². The maximum atomic E-state index is 11.9. The van der Waals surface area contributed by atoms with E-state index in [-0.39, 0.29) is 11.8 Å². The molecule has 2 aliphatic rings. The fourth-order valence-corrected chi connectivity index (χ4v) is 3.51. The molecule has 1 saturated heterocycles. The van der Waals surface area contributed by atoms with E-state index in [0.29, 0.717) is 12.0 Å². The predicted octanol–water partition coefficient (Wildman–Crippen LogP) is 1.62. The van der Waals surface area contributed by atoms with E-state index in [1.165, 1.54) is 18.4 Å². The number of nitrogen functional groups attached to an aromatic ring is 1. The Morgan fingerprint density at radius 2 is 2.11 bits per heavy atom. The van der Waals surface area contributed by atoms with Gasteiger partial charge in [0.1, 0.15) is 0 Å². The van der Waals surface area contributed by atoms with Crippen LogP contribution < -0.4 is 16.6 Å². The van der Waals surface area contributed by atoms with E-state index in [2.05, 4.69) is 16.9 Å². The van der Waals surface area contributed by atoms with Crippen LogP contribution in [0.5, 0.6) is 0 Å². The Balaban J connectivity index is 1.75. The minimum absolute atomic E-state index is 0.175. The van der Waals surface area contributed by atoms with E-state index < -0.39 is 0 Å². The highest BCUT2D eigenvalue weighted by Crippen LogP contribution is 2.35. The third-order valence-electron chi connectivity index (χ3n) is 4.46. The first-order valence-electron chi connectivity index (χ1n) is 7.14. The summed E-state index contributed by atoms with van der Waals surface area (Å²) >= 11 is 0. The van der Waals surface area contributed by atoms with Crippen LogP contribution in [0.3, 0.4) is 0 Å². The zero-order valence-electron chi connectivity index (χ0n) is 11.1. The van der Waals surface area contributed by atoms with Gasteiger partial charge in [-0.05, 0) is 42.9 Å². The minimum atomic E-state index is 0.175. The molecule has 0 bridgehead atoms. The van der Waals surface area contributed by atoms with Gasteiger partial charge in [-0.15, -0.1) is 0 Å². The monoisotopic (exact) mass is 259 g/mol. The Labute approximate surface area is 113 Å². The fourth-order valence-electron chi connectivity index (χ4n) is 3.51. The van der Waals surface area contributed by atoms with Crippen molar-refractivity contribution in [2.24, 2.45) is 11.8 Å². The van der Waals surface area contributed by atoms with Gasteiger partial charge in [0.2, 0.25) is 5.91 Å². The van der Waals surface area contributed by atoms with Gasteiger partial charge < -0.3 is 5.73 Å². The van der Waals surface area contributed by atoms with Crippen molar-refractivity contribution >= 4 is 11.6 Å². The van der Waals surface area contributed by atoms with Crippen LogP contribution in [0.25, 0.3) is 0 Å². The third-order valence-corrected chi connectivity index (χ3v) is 4.46. The lowest BCUT2D eigenvalue weighted by atomic mass is 9.72. The Bertz CT molecular complexity index is 474. The lowest BCUT2D eigenvalue weighted by Gasteiger charge is -2.41. The molecule has 0 radical (unpaired) electrons. The first-order valence-corrected chi connectivity index (χ1v) is 7.14.